The third kappa shape index (κ3) is 4.02. The minimum atomic E-state index is -0.693. The molecular formula is C29H26O3. The number of aromatic hydroxyl groups is 2. The zero-order chi connectivity index (χ0) is 22.7. The topological polar surface area (TPSA) is 57.5 Å². The summed E-state index contributed by atoms with van der Waals surface area (Å²) in [5, 5.41) is 21.8. The van der Waals surface area contributed by atoms with Crippen LogP contribution in [-0.4, -0.2) is 16.0 Å². The molecule has 3 heteroatoms. The number of rotatable bonds is 6. The van der Waals surface area contributed by atoms with Gasteiger partial charge in [0.15, 0.2) is 5.78 Å². The largest absolute Gasteiger partial charge is 0.507 e. The Balaban J connectivity index is 1.95. The minimum Gasteiger partial charge on any atom is -0.507 e. The van der Waals surface area contributed by atoms with Crippen molar-refractivity contribution < 1.29 is 15.0 Å². The molecule has 0 saturated heterocycles. The van der Waals surface area contributed by atoms with Crippen molar-refractivity contribution in [2.24, 2.45) is 0 Å². The molecule has 2 atom stereocenters. The first-order chi connectivity index (χ1) is 15.5. The lowest BCUT2D eigenvalue weighted by Crippen LogP contribution is -2.23. The van der Waals surface area contributed by atoms with E-state index in [4.69, 9.17) is 0 Å². The average Bonchev–Trinajstić information content (AvgIpc) is 2.81. The standard InChI is InChI=1S/C29H26O3/c1-19-11-9-17-23(27(19)30)25(21-13-5-3-6-14-21)29(32)26(22-15-7-4-8-16-22)24-18-10-12-20(2)28(24)31/h3-18,25-26,30-31H,1-2H3. The summed E-state index contributed by atoms with van der Waals surface area (Å²) >= 11 is 0. The molecule has 0 aliphatic rings. The number of carbonyl (C=O) groups is 1. The van der Waals surface area contributed by atoms with Crippen LogP contribution in [0.2, 0.25) is 0 Å². The van der Waals surface area contributed by atoms with Crippen molar-refractivity contribution in [2.75, 3.05) is 0 Å². The number of aryl methyl sites for hydroxylation is 2. The number of Topliss-reactive ketones (excluding diaryl/α,β-unsaturated/α-hetero) is 1. The van der Waals surface area contributed by atoms with Gasteiger partial charge in [-0.3, -0.25) is 4.79 Å². The lowest BCUT2D eigenvalue weighted by Gasteiger charge is -2.26. The summed E-state index contributed by atoms with van der Waals surface area (Å²) in [6.07, 6.45) is 0. The molecule has 0 radical (unpaired) electrons. The van der Waals surface area contributed by atoms with Gasteiger partial charge in [0.2, 0.25) is 0 Å². The Kier molecular flexibility index (Phi) is 6.09. The van der Waals surface area contributed by atoms with E-state index in [9.17, 15) is 15.0 Å². The van der Waals surface area contributed by atoms with E-state index in [0.29, 0.717) is 22.3 Å². The first-order valence-electron chi connectivity index (χ1n) is 10.7. The Labute approximate surface area is 188 Å². The number of para-hydroxylation sites is 2. The lowest BCUT2D eigenvalue weighted by atomic mass is 9.76. The second-order valence-corrected chi connectivity index (χ2v) is 8.12. The smallest absolute Gasteiger partial charge is 0.156 e. The number of phenolic OH excluding ortho intramolecular Hbond substituents is 2. The Bertz CT molecular complexity index is 1130. The first kappa shape index (κ1) is 21.4. The molecule has 0 fully saturated rings. The van der Waals surface area contributed by atoms with Crippen molar-refractivity contribution in [1.29, 1.82) is 0 Å². The molecule has 0 amide bonds. The summed E-state index contributed by atoms with van der Waals surface area (Å²) in [5.41, 5.74) is 4.15. The number of hydrogen-bond acceptors (Lipinski definition) is 3. The van der Waals surface area contributed by atoms with E-state index in [2.05, 4.69) is 0 Å². The molecule has 0 heterocycles. The van der Waals surface area contributed by atoms with E-state index in [1.54, 1.807) is 12.1 Å². The van der Waals surface area contributed by atoms with E-state index in [0.717, 1.165) is 11.1 Å². The predicted molar refractivity (Wildman–Crippen MR) is 127 cm³/mol. The van der Waals surface area contributed by atoms with E-state index < -0.39 is 11.8 Å². The fraction of sp³-hybridized carbons (Fsp3) is 0.138. The van der Waals surface area contributed by atoms with Gasteiger partial charge in [0.1, 0.15) is 11.5 Å². The van der Waals surface area contributed by atoms with E-state index in [1.807, 2.05) is 98.8 Å². The first-order valence-corrected chi connectivity index (χ1v) is 10.7. The van der Waals surface area contributed by atoms with Gasteiger partial charge in [0.25, 0.3) is 0 Å². The normalized spacial score (nSPS) is 12.8. The zero-order valence-corrected chi connectivity index (χ0v) is 18.2. The maximum absolute atomic E-state index is 14.4. The second-order valence-electron chi connectivity index (χ2n) is 8.12. The van der Waals surface area contributed by atoms with Crippen LogP contribution in [0.1, 0.15) is 45.2 Å². The van der Waals surface area contributed by atoms with Gasteiger partial charge >= 0.3 is 0 Å². The highest BCUT2D eigenvalue weighted by molar-refractivity contribution is 5.98. The molecular weight excluding hydrogens is 396 g/mol. The van der Waals surface area contributed by atoms with Crippen molar-refractivity contribution in [3.05, 3.63) is 130 Å². The molecule has 2 N–H and O–H groups in total. The molecule has 0 spiro atoms. The van der Waals surface area contributed by atoms with E-state index in [-0.39, 0.29) is 17.3 Å². The van der Waals surface area contributed by atoms with Crippen LogP contribution in [0.4, 0.5) is 0 Å². The molecule has 0 bridgehead atoms. The molecule has 4 aromatic rings. The van der Waals surface area contributed by atoms with E-state index >= 15 is 0 Å². The van der Waals surface area contributed by atoms with Gasteiger partial charge in [-0.05, 0) is 36.1 Å². The number of ketones is 1. The Hall–Kier alpha value is -3.85. The molecule has 4 aromatic carbocycles. The number of hydrogen-bond donors (Lipinski definition) is 2. The summed E-state index contributed by atoms with van der Waals surface area (Å²) in [7, 11) is 0. The van der Waals surface area contributed by atoms with Crippen LogP contribution >= 0.6 is 0 Å². The van der Waals surface area contributed by atoms with Gasteiger partial charge in [-0.15, -0.1) is 0 Å². The molecule has 0 aliphatic carbocycles. The van der Waals surface area contributed by atoms with Crippen molar-refractivity contribution in [2.45, 2.75) is 25.7 Å². The lowest BCUT2D eigenvalue weighted by molar-refractivity contribution is -0.120. The van der Waals surface area contributed by atoms with Crippen LogP contribution in [-0.2, 0) is 4.79 Å². The molecule has 0 saturated carbocycles. The quantitative estimate of drug-likeness (QED) is 0.386. The number of carbonyl (C=O) groups excluding carboxylic acids is 1. The molecule has 3 nitrogen and oxygen atoms in total. The van der Waals surface area contributed by atoms with Crippen molar-refractivity contribution in [3.63, 3.8) is 0 Å². The van der Waals surface area contributed by atoms with Crippen LogP contribution in [0.25, 0.3) is 0 Å². The Morgan fingerprint density at radius 1 is 0.562 bits per heavy atom. The molecule has 160 valence electrons. The summed E-state index contributed by atoms with van der Waals surface area (Å²) in [5.74, 6) is -1.25. The SMILES string of the molecule is Cc1cccc(C(C(=O)C(c2ccccc2)c2cccc(C)c2O)c2ccccc2)c1O. The van der Waals surface area contributed by atoms with Crippen molar-refractivity contribution in [3.8, 4) is 11.5 Å². The van der Waals surface area contributed by atoms with Gasteiger partial charge in [0, 0.05) is 11.1 Å². The average molecular weight is 423 g/mol. The molecule has 4 rings (SSSR count). The third-order valence-electron chi connectivity index (χ3n) is 5.99. The summed E-state index contributed by atoms with van der Waals surface area (Å²) < 4.78 is 0. The fourth-order valence-corrected chi connectivity index (χ4v) is 4.28. The monoisotopic (exact) mass is 422 g/mol. The highest BCUT2D eigenvalue weighted by Gasteiger charge is 2.34. The maximum atomic E-state index is 14.4. The zero-order valence-electron chi connectivity index (χ0n) is 18.2. The predicted octanol–water partition coefficient (Wildman–Crippen LogP) is 6.25. The van der Waals surface area contributed by atoms with Crippen LogP contribution in [0.5, 0.6) is 11.5 Å². The number of phenols is 2. The van der Waals surface area contributed by atoms with E-state index in [1.165, 1.54) is 0 Å². The van der Waals surface area contributed by atoms with Crippen molar-refractivity contribution in [1.82, 2.24) is 0 Å². The van der Waals surface area contributed by atoms with Gasteiger partial charge in [0.05, 0.1) is 11.8 Å². The minimum absolute atomic E-state index is 0.107. The third-order valence-corrected chi connectivity index (χ3v) is 5.99. The second kappa shape index (κ2) is 9.11. The Morgan fingerprint density at radius 2 is 0.938 bits per heavy atom. The summed E-state index contributed by atoms with van der Waals surface area (Å²) in [6, 6.07) is 30.0. The Morgan fingerprint density at radius 3 is 1.31 bits per heavy atom. The van der Waals surface area contributed by atoms with Gasteiger partial charge in [-0.25, -0.2) is 0 Å². The summed E-state index contributed by atoms with van der Waals surface area (Å²) in [6.45, 7) is 3.65. The van der Waals surface area contributed by atoms with Crippen LogP contribution in [0.3, 0.4) is 0 Å². The highest BCUT2D eigenvalue weighted by Crippen LogP contribution is 2.42. The van der Waals surface area contributed by atoms with Crippen LogP contribution in [0.15, 0.2) is 97.1 Å². The van der Waals surface area contributed by atoms with Gasteiger partial charge in [-0.2, -0.15) is 0 Å². The fourth-order valence-electron chi connectivity index (χ4n) is 4.28. The molecule has 2 unspecified atom stereocenters. The molecule has 0 aromatic heterocycles. The van der Waals surface area contributed by atoms with Gasteiger partial charge < -0.3 is 10.2 Å². The van der Waals surface area contributed by atoms with Crippen LogP contribution < -0.4 is 0 Å². The molecule has 32 heavy (non-hydrogen) atoms. The van der Waals surface area contributed by atoms with Crippen molar-refractivity contribution >= 4 is 5.78 Å². The van der Waals surface area contributed by atoms with Gasteiger partial charge in [-0.1, -0.05) is 97.1 Å². The van der Waals surface area contributed by atoms with Crippen LogP contribution in [0, 0.1) is 13.8 Å². The summed E-state index contributed by atoms with van der Waals surface area (Å²) in [4.78, 5) is 14.4. The molecule has 0 aliphatic heterocycles. The number of benzene rings is 4. The maximum Gasteiger partial charge on any atom is 0.156 e. The highest BCUT2D eigenvalue weighted by atomic mass is 16.3.